The maximum absolute atomic E-state index is 11.6. The van der Waals surface area contributed by atoms with Gasteiger partial charge in [-0.3, -0.25) is 9.36 Å². The van der Waals surface area contributed by atoms with Gasteiger partial charge in [0.2, 0.25) is 0 Å². The molecule has 2 rings (SSSR count). The summed E-state index contributed by atoms with van der Waals surface area (Å²) in [6.07, 6.45) is 2.88. The van der Waals surface area contributed by atoms with Crippen molar-refractivity contribution in [3.8, 4) is 0 Å². The zero-order valence-electron chi connectivity index (χ0n) is 9.87. The number of ether oxygens (including phenoxy) is 1. The van der Waals surface area contributed by atoms with Gasteiger partial charge < -0.3 is 4.74 Å². The number of methoxy groups -OCH3 is 1. The van der Waals surface area contributed by atoms with Gasteiger partial charge in [-0.05, 0) is 11.6 Å². The molecule has 5 heteroatoms. The summed E-state index contributed by atoms with van der Waals surface area (Å²) >= 11 is 0. The maximum Gasteiger partial charge on any atom is 0.338 e. The fourth-order valence-corrected chi connectivity index (χ4v) is 1.65. The second-order valence-electron chi connectivity index (χ2n) is 3.70. The van der Waals surface area contributed by atoms with Gasteiger partial charge in [0.15, 0.2) is 0 Å². The zero-order chi connectivity index (χ0) is 13.0. The second-order valence-corrected chi connectivity index (χ2v) is 3.70. The lowest BCUT2D eigenvalue weighted by Crippen LogP contribution is -2.20. The largest absolute Gasteiger partial charge is 0.465 e. The Hall–Kier alpha value is -2.43. The van der Waals surface area contributed by atoms with Crippen molar-refractivity contribution < 1.29 is 9.53 Å². The lowest BCUT2D eigenvalue weighted by Gasteiger charge is -2.08. The summed E-state index contributed by atoms with van der Waals surface area (Å²) in [5, 5.41) is 0. The molecule has 0 aliphatic carbocycles. The van der Waals surface area contributed by atoms with Gasteiger partial charge in [0.1, 0.15) is 0 Å². The third kappa shape index (κ3) is 2.45. The topological polar surface area (TPSA) is 61.2 Å². The summed E-state index contributed by atoms with van der Waals surface area (Å²) in [6.45, 7) is 0.290. The summed E-state index contributed by atoms with van der Waals surface area (Å²) in [5.74, 6) is -0.414. The SMILES string of the molecule is COC(=O)c1ccccc1Cn1cnccc1=O. The lowest BCUT2D eigenvalue weighted by molar-refractivity contribution is 0.0599. The summed E-state index contributed by atoms with van der Waals surface area (Å²) in [4.78, 5) is 27.0. The minimum Gasteiger partial charge on any atom is -0.465 e. The summed E-state index contributed by atoms with van der Waals surface area (Å²) < 4.78 is 6.14. The van der Waals surface area contributed by atoms with E-state index in [1.807, 2.05) is 6.07 Å². The molecule has 0 saturated carbocycles. The van der Waals surface area contributed by atoms with Gasteiger partial charge in [0.05, 0.1) is 25.5 Å². The number of hydrogen-bond donors (Lipinski definition) is 0. The van der Waals surface area contributed by atoms with Crippen molar-refractivity contribution in [3.63, 3.8) is 0 Å². The van der Waals surface area contributed by atoms with E-state index in [0.29, 0.717) is 5.56 Å². The molecular weight excluding hydrogens is 232 g/mol. The molecule has 2 aromatic rings. The number of aromatic nitrogens is 2. The Labute approximate surface area is 104 Å². The maximum atomic E-state index is 11.6. The molecule has 18 heavy (non-hydrogen) atoms. The number of carbonyl (C=O) groups is 1. The van der Waals surface area contributed by atoms with Crippen LogP contribution in [0.5, 0.6) is 0 Å². The molecule has 0 N–H and O–H groups in total. The van der Waals surface area contributed by atoms with Crippen molar-refractivity contribution in [1.82, 2.24) is 9.55 Å². The second kappa shape index (κ2) is 5.27. The highest BCUT2D eigenvalue weighted by molar-refractivity contribution is 5.90. The van der Waals surface area contributed by atoms with Crippen LogP contribution in [0.25, 0.3) is 0 Å². The Morgan fingerprint density at radius 2 is 2.11 bits per heavy atom. The van der Waals surface area contributed by atoms with Gasteiger partial charge in [-0.2, -0.15) is 0 Å². The summed E-state index contributed by atoms with van der Waals surface area (Å²) in [6, 6.07) is 8.39. The normalized spacial score (nSPS) is 10.1. The molecule has 5 nitrogen and oxygen atoms in total. The molecular formula is C13H12N2O3. The van der Waals surface area contributed by atoms with Crippen molar-refractivity contribution in [3.05, 3.63) is 64.3 Å². The predicted octanol–water partition coefficient (Wildman–Crippen LogP) is 1.08. The number of esters is 1. The molecule has 0 aliphatic heterocycles. The summed E-state index contributed by atoms with van der Waals surface area (Å²) in [7, 11) is 1.33. The van der Waals surface area contributed by atoms with E-state index in [1.165, 1.54) is 30.3 Å². The van der Waals surface area contributed by atoms with E-state index in [-0.39, 0.29) is 12.1 Å². The Bertz CT molecular complexity index is 619. The van der Waals surface area contributed by atoms with Crippen LogP contribution in [0.15, 0.2) is 47.7 Å². The van der Waals surface area contributed by atoms with Crippen LogP contribution in [0.4, 0.5) is 0 Å². The Balaban J connectivity index is 2.38. The first kappa shape index (κ1) is 12.0. The van der Waals surface area contributed by atoms with Gasteiger partial charge >= 0.3 is 5.97 Å². The van der Waals surface area contributed by atoms with E-state index in [2.05, 4.69) is 4.98 Å². The molecule has 92 valence electrons. The molecule has 1 aromatic carbocycles. The first-order chi connectivity index (χ1) is 8.72. The van der Waals surface area contributed by atoms with Gasteiger partial charge in [-0.15, -0.1) is 0 Å². The smallest absolute Gasteiger partial charge is 0.338 e. The molecule has 0 aliphatic rings. The number of rotatable bonds is 3. The minimum atomic E-state index is -0.414. The fourth-order valence-electron chi connectivity index (χ4n) is 1.65. The van der Waals surface area contributed by atoms with Crippen LogP contribution in [-0.4, -0.2) is 22.6 Å². The average Bonchev–Trinajstić information content (AvgIpc) is 2.41. The van der Waals surface area contributed by atoms with E-state index < -0.39 is 5.97 Å². The van der Waals surface area contributed by atoms with Crippen LogP contribution in [-0.2, 0) is 11.3 Å². The Morgan fingerprint density at radius 1 is 1.33 bits per heavy atom. The number of benzene rings is 1. The van der Waals surface area contributed by atoms with Crippen molar-refractivity contribution >= 4 is 5.97 Å². The van der Waals surface area contributed by atoms with Gasteiger partial charge in [-0.1, -0.05) is 18.2 Å². The molecule has 0 amide bonds. The number of hydrogen-bond acceptors (Lipinski definition) is 4. The molecule has 0 radical (unpaired) electrons. The van der Waals surface area contributed by atoms with Gasteiger partial charge in [0, 0.05) is 12.3 Å². The molecule has 0 atom stereocenters. The van der Waals surface area contributed by atoms with Crippen LogP contribution in [0.1, 0.15) is 15.9 Å². The van der Waals surface area contributed by atoms with Crippen LogP contribution in [0, 0.1) is 0 Å². The number of nitrogens with zero attached hydrogens (tertiary/aromatic N) is 2. The van der Waals surface area contributed by atoms with Crippen molar-refractivity contribution in [2.75, 3.05) is 7.11 Å². The highest BCUT2D eigenvalue weighted by atomic mass is 16.5. The minimum absolute atomic E-state index is 0.162. The standard InChI is InChI=1S/C13H12N2O3/c1-18-13(17)11-5-3-2-4-10(11)8-15-9-14-7-6-12(15)16/h2-7,9H,8H2,1H3. The van der Waals surface area contributed by atoms with Crippen molar-refractivity contribution in [2.45, 2.75) is 6.54 Å². The fraction of sp³-hybridized carbons (Fsp3) is 0.154. The molecule has 0 spiro atoms. The number of carbonyl (C=O) groups excluding carboxylic acids is 1. The van der Waals surface area contributed by atoms with Gasteiger partial charge in [-0.25, -0.2) is 9.78 Å². The first-order valence-corrected chi connectivity index (χ1v) is 5.39. The molecule has 0 unspecified atom stereocenters. The lowest BCUT2D eigenvalue weighted by atomic mass is 10.1. The van der Waals surface area contributed by atoms with Gasteiger partial charge in [0.25, 0.3) is 5.56 Å². The Kier molecular flexibility index (Phi) is 3.52. The van der Waals surface area contributed by atoms with Crippen LogP contribution < -0.4 is 5.56 Å². The van der Waals surface area contributed by atoms with Crippen molar-refractivity contribution in [2.24, 2.45) is 0 Å². The highest BCUT2D eigenvalue weighted by Crippen LogP contribution is 2.10. The Morgan fingerprint density at radius 3 is 2.83 bits per heavy atom. The van der Waals surface area contributed by atoms with Crippen molar-refractivity contribution in [1.29, 1.82) is 0 Å². The average molecular weight is 244 g/mol. The van der Waals surface area contributed by atoms with Crippen LogP contribution in [0.3, 0.4) is 0 Å². The predicted molar refractivity (Wildman–Crippen MR) is 65.4 cm³/mol. The first-order valence-electron chi connectivity index (χ1n) is 5.39. The van der Waals surface area contributed by atoms with Crippen LogP contribution in [0.2, 0.25) is 0 Å². The molecule has 0 bridgehead atoms. The summed E-state index contributed by atoms with van der Waals surface area (Å²) in [5.41, 5.74) is 1.01. The van der Waals surface area contributed by atoms with E-state index >= 15 is 0 Å². The molecule has 1 aromatic heterocycles. The zero-order valence-corrected chi connectivity index (χ0v) is 9.87. The third-order valence-electron chi connectivity index (χ3n) is 2.56. The third-order valence-corrected chi connectivity index (χ3v) is 2.56. The highest BCUT2D eigenvalue weighted by Gasteiger charge is 2.11. The van der Waals surface area contributed by atoms with E-state index in [9.17, 15) is 9.59 Å². The quantitative estimate of drug-likeness (QED) is 0.758. The molecule has 0 fully saturated rings. The van der Waals surface area contributed by atoms with E-state index in [1.54, 1.807) is 18.2 Å². The molecule has 0 saturated heterocycles. The van der Waals surface area contributed by atoms with E-state index in [0.717, 1.165) is 5.56 Å². The van der Waals surface area contributed by atoms with E-state index in [4.69, 9.17) is 4.74 Å². The molecule has 1 heterocycles. The van der Waals surface area contributed by atoms with Crippen LogP contribution >= 0.6 is 0 Å². The monoisotopic (exact) mass is 244 g/mol.